The number of carbonyl (C=O) groups excluding carboxylic acids is 2. The summed E-state index contributed by atoms with van der Waals surface area (Å²) in [6.07, 6.45) is 10.7. The molecule has 27 heavy (non-hydrogen) atoms. The summed E-state index contributed by atoms with van der Waals surface area (Å²) in [5, 5.41) is 3.40. The van der Waals surface area contributed by atoms with Gasteiger partial charge in [-0.05, 0) is 73.0 Å². The van der Waals surface area contributed by atoms with Gasteiger partial charge in [-0.1, -0.05) is 24.3 Å². The molecule has 2 amide bonds. The summed E-state index contributed by atoms with van der Waals surface area (Å²) in [7, 11) is 0. The maximum atomic E-state index is 13.0. The van der Waals surface area contributed by atoms with E-state index in [1.165, 1.54) is 32.1 Å². The van der Waals surface area contributed by atoms with Gasteiger partial charge in [-0.25, -0.2) is 0 Å². The Kier molecular flexibility index (Phi) is 4.10. The molecule has 4 saturated carbocycles. The molecule has 0 saturated heterocycles. The quantitative estimate of drug-likeness (QED) is 0.884. The standard InChI is InChI=1S/C23H28N2O2/c1-14(26)25-7-6-17-4-2-3-5-20(17)21(25)13-22(27)24-23-18-9-15-8-16(11-18)12-19(23)10-15/h2-7,15-16,18-19,21,23H,8-13H2,1H3,(H,24,27). The number of hydrogen-bond acceptors (Lipinski definition) is 2. The molecule has 1 unspecified atom stereocenters. The van der Waals surface area contributed by atoms with Gasteiger partial charge in [0.15, 0.2) is 0 Å². The first-order valence-corrected chi connectivity index (χ1v) is 10.4. The number of carbonyl (C=O) groups is 2. The van der Waals surface area contributed by atoms with Crippen LogP contribution in [-0.4, -0.2) is 22.8 Å². The molecule has 4 aliphatic carbocycles. The predicted octanol–water partition coefficient (Wildman–Crippen LogP) is 3.89. The van der Waals surface area contributed by atoms with Crippen LogP contribution < -0.4 is 5.32 Å². The Morgan fingerprint density at radius 2 is 1.70 bits per heavy atom. The van der Waals surface area contributed by atoms with Crippen molar-refractivity contribution in [3.05, 3.63) is 41.6 Å². The van der Waals surface area contributed by atoms with Crippen LogP contribution in [0.2, 0.25) is 0 Å². The highest BCUT2D eigenvalue weighted by atomic mass is 16.2. The lowest BCUT2D eigenvalue weighted by molar-refractivity contribution is -0.131. The third-order valence-electron chi connectivity index (χ3n) is 7.40. The molecule has 142 valence electrons. The van der Waals surface area contributed by atoms with E-state index in [4.69, 9.17) is 0 Å². The molecule has 4 bridgehead atoms. The zero-order valence-corrected chi connectivity index (χ0v) is 15.9. The smallest absolute Gasteiger partial charge is 0.223 e. The van der Waals surface area contributed by atoms with Crippen molar-refractivity contribution < 1.29 is 9.59 Å². The van der Waals surface area contributed by atoms with Gasteiger partial charge in [-0.3, -0.25) is 9.59 Å². The van der Waals surface area contributed by atoms with Crippen molar-refractivity contribution in [1.82, 2.24) is 10.2 Å². The van der Waals surface area contributed by atoms with Crippen LogP contribution in [0.4, 0.5) is 0 Å². The minimum absolute atomic E-state index is 0.0202. The molecule has 4 fully saturated rings. The van der Waals surface area contributed by atoms with Crippen LogP contribution in [0.25, 0.3) is 6.08 Å². The second kappa shape index (κ2) is 6.50. The summed E-state index contributed by atoms with van der Waals surface area (Å²) in [5.74, 6) is 3.23. The molecule has 1 N–H and O–H groups in total. The monoisotopic (exact) mass is 364 g/mol. The van der Waals surface area contributed by atoms with Crippen LogP contribution in [0.15, 0.2) is 30.5 Å². The Morgan fingerprint density at radius 3 is 2.37 bits per heavy atom. The summed E-state index contributed by atoms with van der Waals surface area (Å²) in [4.78, 5) is 26.8. The first-order valence-electron chi connectivity index (χ1n) is 10.4. The number of amides is 2. The summed E-state index contributed by atoms with van der Waals surface area (Å²) in [5.41, 5.74) is 2.16. The predicted molar refractivity (Wildman–Crippen MR) is 104 cm³/mol. The van der Waals surface area contributed by atoms with E-state index >= 15 is 0 Å². The van der Waals surface area contributed by atoms with E-state index in [1.807, 2.05) is 36.5 Å². The fraction of sp³-hybridized carbons (Fsp3) is 0.565. The van der Waals surface area contributed by atoms with Crippen molar-refractivity contribution in [2.75, 3.05) is 0 Å². The van der Waals surface area contributed by atoms with Gasteiger partial charge in [0, 0.05) is 19.2 Å². The number of rotatable bonds is 3. The third-order valence-corrected chi connectivity index (χ3v) is 7.40. The van der Waals surface area contributed by atoms with E-state index in [0.29, 0.717) is 24.3 Å². The van der Waals surface area contributed by atoms with Crippen LogP contribution in [0.1, 0.15) is 62.6 Å². The van der Waals surface area contributed by atoms with Crippen molar-refractivity contribution in [2.24, 2.45) is 23.7 Å². The van der Waals surface area contributed by atoms with Crippen molar-refractivity contribution in [3.63, 3.8) is 0 Å². The molecule has 1 heterocycles. The number of nitrogens with zero attached hydrogens (tertiary/aromatic N) is 1. The fourth-order valence-corrected chi connectivity index (χ4v) is 6.49. The molecule has 5 aliphatic rings. The van der Waals surface area contributed by atoms with Crippen molar-refractivity contribution in [1.29, 1.82) is 0 Å². The lowest BCUT2D eigenvalue weighted by atomic mass is 9.54. The molecule has 0 spiro atoms. The van der Waals surface area contributed by atoms with Crippen molar-refractivity contribution in [2.45, 2.75) is 57.5 Å². The molecule has 1 aromatic carbocycles. The van der Waals surface area contributed by atoms with Gasteiger partial charge < -0.3 is 10.2 Å². The van der Waals surface area contributed by atoms with Crippen LogP contribution in [0, 0.1) is 23.7 Å². The SMILES string of the molecule is CC(=O)N1C=Cc2ccccc2C1CC(=O)NC1C2CC3CC(C2)CC1C3. The van der Waals surface area contributed by atoms with Gasteiger partial charge in [-0.15, -0.1) is 0 Å². The Morgan fingerprint density at radius 1 is 1.04 bits per heavy atom. The first-order chi connectivity index (χ1) is 13.1. The van der Waals surface area contributed by atoms with Gasteiger partial charge in [0.2, 0.25) is 11.8 Å². The van der Waals surface area contributed by atoms with E-state index in [-0.39, 0.29) is 17.9 Å². The highest BCUT2D eigenvalue weighted by Crippen LogP contribution is 2.53. The molecule has 6 rings (SSSR count). The summed E-state index contributed by atoms with van der Waals surface area (Å²) < 4.78 is 0. The average Bonchev–Trinajstić information content (AvgIpc) is 2.64. The molecule has 0 aromatic heterocycles. The lowest BCUT2D eigenvalue weighted by Crippen LogP contribution is -2.56. The maximum absolute atomic E-state index is 13.0. The van der Waals surface area contributed by atoms with E-state index < -0.39 is 0 Å². The van der Waals surface area contributed by atoms with Gasteiger partial charge in [-0.2, -0.15) is 0 Å². The minimum atomic E-state index is -0.208. The van der Waals surface area contributed by atoms with Crippen molar-refractivity contribution in [3.8, 4) is 0 Å². The van der Waals surface area contributed by atoms with E-state index in [2.05, 4.69) is 5.32 Å². The molecular weight excluding hydrogens is 336 g/mol. The Hall–Kier alpha value is -2.10. The Labute approximate surface area is 161 Å². The third kappa shape index (κ3) is 2.99. The minimum Gasteiger partial charge on any atom is -0.353 e. The van der Waals surface area contributed by atoms with Gasteiger partial charge in [0.1, 0.15) is 0 Å². The molecule has 1 aliphatic heterocycles. The van der Waals surface area contributed by atoms with Gasteiger partial charge >= 0.3 is 0 Å². The van der Waals surface area contributed by atoms with Crippen LogP contribution in [0.3, 0.4) is 0 Å². The molecular formula is C23H28N2O2. The number of hydrogen-bond donors (Lipinski definition) is 1. The molecule has 4 nitrogen and oxygen atoms in total. The van der Waals surface area contributed by atoms with E-state index in [0.717, 1.165) is 23.0 Å². The fourth-order valence-electron chi connectivity index (χ4n) is 6.49. The number of fused-ring (bicyclic) bond motifs is 1. The van der Waals surface area contributed by atoms with Crippen molar-refractivity contribution >= 4 is 17.9 Å². The van der Waals surface area contributed by atoms with Crippen LogP contribution in [-0.2, 0) is 9.59 Å². The summed E-state index contributed by atoms with van der Waals surface area (Å²) >= 11 is 0. The highest BCUT2D eigenvalue weighted by Gasteiger charge is 2.48. The summed E-state index contributed by atoms with van der Waals surface area (Å²) in [6.45, 7) is 1.57. The van der Waals surface area contributed by atoms with Crippen LogP contribution >= 0.6 is 0 Å². The maximum Gasteiger partial charge on any atom is 0.223 e. The second-order valence-corrected chi connectivity index (χ2v) is 9.11. The zero-order chi connectivity index (χ0) is 18.5. The highest BCUT2D eigenvalue weighted by molar-refractivity contribution is 5.82. The number of nitrogens with one attached hydrogen (secondary N) is 1. The lowest BCUT2D eigenvalue weighted by Gasteiger charge is -2.54. The van der Waals surface area contributed by atoms with Crippen LogP contribution in [0.5, 0.6) is 0 Å². The molecule has 4 heteroatoms. The second-order valence-electron chi connectivity index (χ2n) is 9.11. The Balaban J connectivity index is 1.32. The van der Waals surface area contributed by atoms with E-state index in [1.54, 1.807) is 11.8 Å². The molecule has 1 aromatic rings. The average molecular weight is 364 g/mol. The summed E-state index contributed by atoms with van der Waals surface area (Å²) in [6, 6.07) is 8.21. The largest absolute Gasteiger partial charge is 0.353 e. The Bertz CT molecular complexity index is 771. The molecule has 0 radical (unpaired) electrons. The zero-order valence-electron chi connectivity index (χ0n) is 15.9. The van der Waals surface area contributed by atoms with Gasteiger partial charge in [0.05, 0.1) is 12.5 Å². The first kappa shape index (κ1) is 17.0. The normalized spacial score (nSPS) is 35.8. The topological polar surface area (TPSA) is 49.4 Å². The van der Waals surface area contributed by atoms with E-state index in [9.17, 15) is 9.59 Å². The molecule has 1 atom stereocenters. The van der Waals surface area contributed by atoms with Gasteiger partial charge in [0.25, 0.3) is 0 Å². The number of benzene rings is 1.